The second-order valence-electron chi connectivity index (χ2n) is 3.83. The van der Waals surface area contributed by atoms with Crippen molar-refractivity contribution < 1.29 is 9.15 Å². The Balaban J connectivity index is 2.19. The minimum absolute atomic E-state index is 0.532. The van der Waals surface area contributed by atoms with Gasteiger partial charge in [-0.15, -0.1) is 0 Å². The Bertz CT molecular complexity index is 706. The number of methoxy groups -OCH3 is 1. The molecule has 4 heteroatoms. The van der Waals surface area contributed by atoms with E-state index < -0.39 is 0 Å². The van der Waals surface area contributed by atoms with Crippen LogP contribution in [0.15, 0.2) is 46.9 Å². The van der Waals surface area contributed by atoms with Crippen LogP contribution in [0.4, 0.5) is 0 Å². The van der Waals surface area contributed by atoms with Crippen molar-refractivity contribution in [3.8, 4) is 17.2 Å². The van der Waals surface area contributed by atoms with Crippen molar-refractivity contribution in [1.29, 1.82) is 0 Å². The third kappa shape index (κ3) is 1.83. The average molecular weight is 260 g/mol. The molecule has 0 unspecified atom stereocenters. The first-order chi connectivity index (χ1) is 8.78. The SMILES string of the molecule is COc1ccccc1-c1nc2cc(Cl)ccc2o1. The van der Waals surface area contributed by atoms with E-state index in [-0.39, 0.29) is 0 Å². The van der Waals surface area contributed by atoms with Gasteiger partial charge >= 0.3 is 0 Å². The fourth-order valence-electron chi connectivity index (χ4n) is 1.84. The molecule has 0 saturated heterocycles. The standard InChI is InChI=1S/C14H10ClNO2/c1-17-12-5-3-2-4-10(12)14-16-11-8-9(15)6-7-13(11)18-14/h2-8H,1H3. The van der Waals surface area contributed by atoms with Crippen molar-refractivity contribution in [2.45, 2.75) is 0 Å². The summed E-state index contributed by atoms with van der Waals surface area (Å²) >= 11 is 5.93. The molecule has 90 valence electrons. The molecular formula is C14H10ClNO2. The molecule has 0 aliphatic heterocycles. The van der Waals surface area contributed by atoms with Gasteiger partial charge in [-0.2, -0.15) is 0 Å². The average Bonchev–Trinajstić information content (AvgIpc) is 2.81. The summed E-state index contributed by atoms with van der Waals surface area (Å²) in [4.78, 5) is 4.42. The van der Waals surface area contributed by atoms with Crippen LogP contribution >= 0.6 is 11.6 Å². The summed E-state index contributed by atoms with van der Waals surface area (Å²) < 4.78 is 11.0. The Kier molecular flexibility index (Phi) is 2.68. The third-order valence-corrected chi connectivity index (χ3v) is 2.92. The van der Waals surface area contributed by atoms with Gasteiger partial charge in [-0.05, 0) is 30.3 Å². The van der Waals surface area contributed by atoms with E-state index in [4.69, 9.17) is 20.8 Å². The molecule has 0 aliphatic rings. The van der Waals surface area contributed by atoms with Crippen LogP contribution in [0.1, 0.15) is 0 Å². The van der Waals surface area contributed by atoms with Gasteiger partial charge in [0.2, 0.25) is 5.89 Å². The highest BCUT2D eigenvalue weighted by Gasteiger charge is 2.12. The van der Waals surface area contributed by atoms with Crippen LogP contribution in [0.2, 0.25) is 5.02 Å². The number of halogens is 1. The Hall–Kier alpha value is -2.00. The van der Waals surface area contributed by atoms with Crippen molar-refractivity contribution >= 4 is 22.7 Å². The summed E-state index contributed by atoms with van der Waals surface area (Å²) in [5.74, 6) is 1.26. The smallest absolute Gasteiger partial charge is 0.231 e. The molecule has 1 heterocycles. The van der Waals surface area contributed by atoms with Gasteiger partial charge in [0.05, 0.1) is 12.7 Å². The van der Waals surface area contributed by atoms with Crippen LogP contribution in [0.3, 0.4) is 0 Å². The van der Waals surface area contributed by atoms with Gasteiger partial charge in [-0.1, -0.05) is 23.7 Å². The lowest BCUT2D eigenvalue weighted by Gasteiger charge is -2.03. The van der Waals surface area contributed by atoms with E-state index in [9.17, 15) is 0 Å². The second-order valence-corrected chi connectivity index (χ2v) is 4.27. The first-order valence-electron chi connectivity index (χ1n) is 5.47. The Morgan fingerprint density at radius 2 is 2.00 bits per heavy atom. The molecule has 0 bridgehead atoms. The van der Waals surface area contributed by atoms with E-state index in [2.05, 4.69) is 4.98 Å². The molecule has 0 radical (unpaired) electrons. The molecule has 0 saturated carbocycles. The highest BCUT2D eigenvalue weighted by atomic mass is 35.5. The van der Waals surface area contributed by atoms with Crippen molar-refractivity contribution in [3.05, 3.63) is 47.5 Å². The number of rotatable bonds is 2. The van der Waals surface area contributed by atoms with Gasteiger partial charge < -0.3 is 9.15 Å². The summed E-state index contributed by atoms with van der Waals surface area (Å²) in [6.45, 7) is 0. The largest absolute Gasteiger partial charge is 0.496 e. The first kappa shape index (κ1) is 11.1. The summed E-state index contributed by atoms with van der Waals surface area (Å²) in [6.07, 6.45) is 0. The summed E-state index contributed by atoms with van der Waals surface area (Å²) in [7, 11) is 1.62. The lowest BCUT2D eigenvalue weighted by molar-refractivity contribution is 0.414. The Labute approximate surface area is 109 Å². The van der Waals surface area contributed by atoms with Crippen LogP contribution in [-0.2, 0) is 0 Å². The monoisotopic (exact) mass is 259 g/mol. The topological polar surface area (TPSA) is 35.3 Å². The van der Waals surface area contributed by atoms with E-state index in [1.165, 1.54) is 0 Å². The number of hydrogen-bond donors (Lipinski definition) is 0. The number of benzene rings is 2. The van der Waals surface area contributed by atoms with Gasteiger partial charge in [0.15, 0.2) is 5.58 Å². The van der Waals surface area contributed by atoms with Crippen molar-refractivity contribution in [2.24, 2.45) is 0 Å². The van der Waals surface area contributed by atoms with E-state index in [1.807, 2.05) is 30.3 Å². The third-order valence-electron chi connectivity index (χ3n) is 2.69. The minimum Gasteiger partial charge on any atom is -0.496 e. The number of hydrogen-bond acceptors (Lipinski definition) is 3. The molecule has 0 amide bonds. The quantitative estimate of drug-likeness (QED) is 0.693. The zero-order valence-corrected chi connectivity index (χ0v) is 10.4. The molecule has 0 fully saturated rings. The molecule has 3 rings (SSSR count). The molecule has 1 aromatic heterocycles. The van der Waals surface area contributed by atoms with E-state index >= 15 is 0 Å². The molecule has 0 aliphatic carbocycles. The number of oxazole rings is 1. The fourth-order valence-corrected chi connectivity index (χ4v) is 2.00. The number of fused-ring (bicyclic) bond motifs is 1. The second kappa shape index (κ2) is 4.35. The fraction of sp³-hybridized carbons (Fsp3) is 0.0714. The minimum atomic E-state index is 0.532. The van der Waals surface area contributed by atoms with Crippen LogP contribution in [0.25, 0.3) is 22.6 Å². The zero-order valence-electron chi connectivity index (χ0n) is 9.68. The maximum atomic E-state index is 5.93. The summed E-state index contributed by atoms with van der Waals surface area (Å²) in [6, 6.07) is 13.0. The molecular weight excluding hydrogens is 250 g/mol. The van der Waals surface area contributed by atoms with Gasteiger partial charge in [-0.25, -0.2) is 4.98 Å². The molecule has 2 aromatic carbocycles. The molecule has 0 spiro atoms. The maximum absolute atomic E-state index is 5.93. The number of aromatic nitrogens is 1. The van der Waals surface area contributed by atoms with Crippen LogP contribution in [0.5, 0.6) is 5.75 Å². The first-order valence-corrected chi connectivity index (χ1v) is 5.85. The van der Waals surface area contributed by atoms with Crippen molar-refractivity contribution in [3.63, 3.8) is 0 Å². The lowest BCUT2D eigenvalue weighted by Crippen LogP contribution is -1.86. The van der Waals surface area contributed by atoms with E-state index in [1.54, 1.807) is 19.2 Å². The number of nitrogens with zero attached hydrogens (tertiary/aromatic N) is 1. The highest BCUT2D eigenvalue weighted by molar-refractivity contribution is 6.31. The predicted molar refractivity (Wildman–Crippen MR) is 71.0 cm³/mol. The number of ether oxygens (including phenoxy) is 1. The predicted octanol–water partition coefficient (Wildman–Crippen LogP) is 4.16. The lowest BCUT2D eigenvalue weighted by atomic mass is 10.2. The molecule has 3 aromatic rings. The molecule has 0 atom stereocenters. The normalized spacial score (nSPS) is 10.8. The molecule has 0 N–H and O–H groups in total. The Morgan fingerprint density at radius 3 is 2.83 bits per heavy atom. The van der Waals surface area contributed by atoms with Gasteiger partial charge in [0.1, 0.15) is 11.3 Å². The van der Waals surface area contributed by atoms with Crippen molar-refractivity contribution in [2.75, 3.05) is 7.11 Å². The Morgan fingerprint density at radius 1 is 1.17 bits per heavy atom. The zero-order chi connectivity index (χ0) is 12.5. The van der Waals surface area contributed by atoms with Gasteiger partial charge in [0, 0.05) is 5.02 Å². The van der Waals surface area contributed by atoms with Crippen LogP contribution in [-0.4, -0.2) is 12.1 Å². The number of para-hydroxylation sites is 1. The van der Waals surface area contributed by atoms with Crippen LogP contribution in [0, 0.1) is 0 Å². The molecule has 18 heavy (non-hydrogen) atoms. The molecule has 3 nitrogen and oxygen atoms in total. The summed E-state index contributed by atoms with van der Waals surface area (Å²) in [5.41, 5.74) is 2.27. The maximum Gasteiger partial charge on any atom is 0.231 e. The van der Waals surface area contributed by atoms with Crippen molar-refractivity contribution in [1.82, 2.24) is 4.98 Å². The van der Waals surface area contributed by atoms with Gasteiger partial charge in [-0.3, -0.25) is 0 Å². The highest BCUT2D eigenvalue weighted by Crippen LogP contribution is 2.31. The van der Waals surface area contributed by atoms with Crippen LogP contribution < -0.4 is 4.74 Å². The van der Waals surface area contributed by atoms with E-state index in [0.29, 0.717) is 16.5 Å². The van der Waals surface area contributed by atoms with Gasteiger partial charge in [0.25, 0.3) is 0 Å². The summed E-state index contributed by atoms with van der Waals surface area (Å²) in [5, 5.41) is 0.641. The van der Waals surface area contributed by atoms with E-state index in [0.717, 1.165) is 16.8 Å².